The summed E-state index contributed by atoms with van der Waals surface area (Å²) in [5.41, 5.74) is 0.638. The molecule has 0 bridgehead atoms. The van der Waals surface area contributed by atoms with Gasteiger partial charge in [0.15, 0.2) is 9.84 Å². The maximum Gasteiger partial charge on any atom is 0.221 e. The normalized spacial score (nSPS) is 11.6. The zero-order chi connectivity index (χ0) is 15.9. The number of rotatable bonds is 8. The summed E-state index contributed by atoms with van der Waals surface area (Å²) < 4.78 is 23.9. The van der Waals surface area contributed by atoms with E-state index in [1.807, 2.05) is 14.1 Å². The van der Waals surface area contributed by atoms with E-state index in [4.69, 9.17) is 11.6 Å². The third-order valence-corrected chi connectivity index (χ3v) is 4.70. The smallest absolute Gasteiger partial charge is 0.221 e. The molecule has 0 spiro atoms. The van der Waals surface area contributed by atoms with Crippen LogP contribution in [0.4, 0.5) is 0 Å². The number of benzene rings is 1. The number of halogens is 1. The largest absolute Gasteiger partial charge is 0.350 e. The van der Waals surface area contributed by atoms with Crippen molar-refractivity contribution >= 4 is 27.3 Å². The Bertz CT molecular complexity index is 573. The molecular formula is C14H22ClN2O3S+. The van der Waals surface area contributed by atoms with Gasteiger partial charge in [0.05, 0.1) is 38.7 Å². The predicted molar refractivity (Wildman–Crippen MR) is 84.2 cm³/mol. The van der Waals surface area contributed by atoms with Crippen molar-refractivity contribution in [1.29, 1.82) is 0 Å². The van der Waals surface area contributed by atoms with Crippen LogP contribution in [0.25, 0.3) is 0 Å². The first-order valence-corrected chi connectivity index (χ1v) is 8.99. The van der Waals surface area contributed by atoms with Crippen molar-refractivity contribution in [1.82, 2.24) is 5.32 Å². The summed E-state index contributed by atoms with van der Waals surface area (Å²) in [4.78, 5) is 12.8. The first-order chi connectivity index (χ1) is 9.78. The summed E-state index contributed by atoms with van der Waals surface area (Å²) in [5, 5.41) is 3.22. The van der Waals surface area contributed by atoms with Gasteiger partial charge in [0.25, 0.3) is 0 Å². The highest BCUT2D eigenvalue weighted by Crippen LogP contribution is 2.13. The Hall–Kier alpha value is -1.11. The molecular weight excluding hydrogens is 312 g/mol. The molecule has 2 N–H and O–H groups in total. The molecule has 0 saturated carbocycles. The summed E-state index contributed by atoms with van der Waals surface area (Å²) in [6.45, 7) is 1.36. The third-order valence-electron chi connectivity index (χ3n) is 2.86. The molecule has 0 aliphatic rings. The Morgan fingerprint density at radius 3 is 2.67 bits per heavy atom. The van der Waals surface area contributed by atoms with Crippen molar-refractivity contribution in [3.05, 3.63) is 34.9 Å². The molecule has 0 unspecified atom stereocenters. The highest BCUT2D eigenvalue weighted by atomic mass is 35.5. The summed E-state index contributed by atoms with van der Waals surface area (Å²) in [5.74, 6) is -0.478. The van der Waals surface area contributed by atoms with Crippen molar-refractivity contribution in [2.24, 2.45) is 0 Å². The van der Waals surface area contributed by atoms with E-state index in [1.54, 1.807) is 24.3 Å². The fourth-order valence-electron chi connectivity index (χ4n) is 1.74. The molecule has 1 aromatic rings. The van der Waals surface area contributed by atoms with Crippen LogP contribution in [0.1, 0.15) is 12.0 Å². The Balaban J connectivity index is 2.41. The summed E-state index contributed by atoms with van der Waals surface area (Å²) in [6, 6.07) is 6.74. The van der Waals surface area contributed by atoms with Crippen molar-refractivity contribution in [2.75, 3.05) is 32.9 Å². The second-order valence-corrected chi connectivity index (χ2v) is 7.90. The minimum absolute atomic E-state index is 0.00827. The molecule has 0 aliphatic carbocycles. The van der Waals surface area contributed by atoms with Crippen LogP contribution in [-0.4, -0.2) is 47.3 Å². The molecule has 21 heavy (non-hydrogen) atoms. The zero-order valence-electron chi connectivity index (χ0n) is 12.4. The van der Waals surface area contributed by atoms with E-state index in [1.165, 1.54) is 4.90 Å². The summed E-state index contributed by atoms with van der Waals surface area (Å²) >= 11 is 5.82. The van der Waals surface area contributed by atoms with E-state index in [0.717, 1.165) is 6.54 Å². The van der Waals surface area contributed by atoms with E-state index in [9.17, 15) is 13.2 Å². The van der Waals surface area contributed by atoms with Gasteiger partial charge in [-0.25, -0.2) is 8.42 Å². The third kappa shape index (κ3) is 8.04. The van der Waals surface area contributed by atoms with E-state index in [-0.39, 0.29) is 23.8 Å². The average Bonchev–Trinajstić information content (AvgIpc) is 2.35. The van der Waals surface area contributed by atoms with Crippen LogP contribution in [0.2, 0.25) is 5.02 Å². The van der Waals surface area contributed by atoms with Crippen LogP contribution in [0, 0.1) is 0 Å². The van der Waals surface area contributed by atoms with E-state index < -0.39 is 9.84 Å². The Kier molecular flexibility index (Phi) is 7.14. The Morgan fingerprint density at radius 2 is 2.05 bits per heavy atom. The molecule has 1 aromatic carbocycles. The quantitative estimate of drug-likeness (QED) is 0.698. The molecule has 0 saturated heterocycles. The average molecular weight is 334 g/mol. The molecule has 1 amide bonds. The molecule has 0 radical (unpaired) electrons. The van der Waals surface area contributed by atoms with Gasteiger partial charge in [-0.15, -0.1) is 0 Å². The number of carbonyl (C=O) groups excluding carboxylic acids is 1. The molecule has 1 rings (SSSR count). The first-order valence-electron chi connectivity index (χ1n) is 6.79. The highest BCUT2D eigenvalue weighted by Gasteiger charge is 2.14. The van der Waals surface area contributed by atoms with Crippen LogP contribution in [0.15, 0.2) is 24.3 Å². The van der Waals surface area contributed by atoms with Gasteiger partial charge in [-0.2, -0.15) is 0 Å². The van der Waals surface area contributed by atoms with Crippen molar-refractivity contribution < 1.29 is 18.1 Å². The summed E-state index contributed by atoms with van der Waals surface area (Å²) in [6.07, 6.45) is -0.00827. The lowest BCUT2D eigenvalue weighted by atomic mass is 10.2. The van der Waals surface area contributed by atoms with Crippen molar-refractivity contribution in [3.8, 4) is 0 Å². The molecule has 5 nitrogen and oxygen atoms in total. The van der Waals surface area contributed by atoms with Gasteiger partial charge >= 0.3 is 0 Å². The Labute approximate surface area is 131 Å². The van der Waals surface area contributed by atoms with Crippen molar-refractivity contribution in [3.63, 3.8) is 0 Å². The minimum Gasteiger partial charge on any atom is -0.350 e. The molecule has 0 atom stereocenters. The van der Waals surface area contributed by atoms with E-state index in [0.29, 0.717) is 17.1 Å². The van der Waals surface area contributed by atoms with Crippen LogP contribution < -0.4 is 10.2 Å². The van der Waals surface area contributed by atoms with E-state index in [2.05, 4.69) is 5.32 Å². The molecule has 0 aliphatic heterocycles. The van der Waals surface area contributed by atoms with Crippen LogP contribution in [0.3, 0.4) is 0 Å². The maximum absolute atomic E-state index is 12.0. The standard InChI is InChI=1S/C14H21ClN2O3S/c1-17(2)8-7-16-14(18)6-9-21(19,20)11-12-4-3-5-13(15)10-12/h3-5,10H,6-9,11H2,1-2H3,(H,16,18)/p+1. The predicted octanol–water partition coefficient (Wildman–Crippen LogP) is -0.0944. The number of hydrogen-bond donors (Lipinski definition) is 2. The van der Waals surface area contributed by atoms with Gasteiger partial charge in [0.1, 0.15) is 0 Å². The van der Waals surface area contributed by atoms with Gasteiger partial charge in [-0.1, -0.05) is 23.7 Å². The fraction of sp³-hybridized carbons (Fsp3) is 0.500. The monoisotopic (exact) mass is 333 g/mol. The summed E-state index contributed by atoms with van der Waals surface area (Å²) in [7, 11) is 0.663. The minimum atomic E-state index is -3.31. The van der Waals surface area contributed by atoms with Gasteiger partial charge in [-0.3, -0.25) is 4.79 Å². The SMILES string of the molecule is C[NH+](C)CCNC(=O)CCS(=O)(=O)Cc1cccc(Cl)c1. The number of carbonyl (C=O) groups is 1. The fourth-order valence-corrected chi connectivity index (χ4v) is 3.28. The molecule has 0 aromatic heterocycles. The van der Waals surface area contributed by atoms with Gasteiger partial charge in [-0.05, 0) is 17.7 Å². The number of nitrogens with one attached hydrogen (secondary N) is 2. The second kappa shape index (κ2) is 8.36. The van der Waals surface area contributed by atoms with Gasteiger partial charge in [0, 0.05) is 11.4 Å². The number of likely N-dealkylation sites (N-methyl/N-ethyl adjacent to an activating group) is 1. The lowest BCUT2D eigenvalue weighted by Gasteiger charge is -2.09. The topological polar surface area (TPSA) is 67.7 Å². The molecule has 7 heteroatoms. The molecule has 0 fully saturated rings. The lowest BCUT2D eigenvalue weighted by molar-refractivity contribution is -0.856. The number of amides is 1. The number of quaternary nitrogens is 1. The first kappa shape index (κ1) is 17.9. The van der Waals surface area contributed by atoms with Crippen LogP contribution in [0.5, 0.6) is 0 Å². The van der Waals surface area contributed by atoms with Gasteiger partial charge < -0.3 is 10.2 Å². The molecule has 118 valence electrons. The highest BCUT2D eigenvalue weighted by molar-refractivity contribution is 7.90. The maximum atomic E-state index is 12.0. The second-order valence-electron chi connectivity index (χ2n) is 5.28. The van der Waals surface area contributed by atoms with Crippen LogP contribution >= 0.6 is 11.6 Å². The lowest BCUT2D eigenvalue weighted by Crippen LogP contribution is -3.06. The van der Waals surface area contributed by atoms with Gasteiger partial charge in [0.2, 0.25) is 5.91 Å². The number of sulfone groups is 1. The van der Waals surface area contributed by atoms with Crippen molar-refractivity contribution in [2.45, 2.75) is 12.2 Å². The van der Waals surface area contributed by atoms with E-state index >= 15 is 0 Å². The number of hydrogen-bond acceptors (Lipinski definition) is 3. The Morgan fingerprint density at radius 1 is 1.33 bits per heavy atom. The zero-order valence-corrected chi connectivity index (χ0v) is 13.9. The van der Waals surface area contributed by atoms with Crippen LogP contribution in [-0.2, 0) is 20.4 Å². The molecule has 0 heterocycles.